The largest absolute Gasteiger partial charge is 0.342 e. The lowest BCUT2D eigenvalue weighted by Gasteiger charge is -2.30. The number of carbonyl (C=O) groups is 1. The number of likely N-dealkylation sites (tertiary alicyclic amines) is 1. The van der Waals surface area contributed by atoms with Crippen LogP contribution < -0.4 is 0 Å². The maximum absolute atomic E-state index is 12.1. The number of rotatable bonds is 4. The van der Waals surface area contributed by atoms with Gasteiger partial charge in [-0.15, -0.1) is 0 Å². The van der Waals surface area contributed by atoms with Crippen molar-refractivity contribution in [1.82, 2.24) is 9.80 Å². The minimum atomic E-state index is -0.160. The molecular weight excluding hydrogens is 202 g/mol. The predicted molar refractivity (Wildman–Crippen MR) is 62.7 cm³/mol. The summed E-state index contributed by atoms with van der Waals surface area (Å²) in [4.78, 5) is 16.0. The summed E-state index contributed by atoms with van der Waals surface area (Å²) in [6.45, 7) is 8.23. The van der Waals surface area contributed by atoms with Crippen molar-refractivity contribution in [3.8, 4) is 6.07 Å². The van der Waals surface area contributed by atoms with Gasteiger partial charge < -0.3 is 4.90 Å². The number of likely N-dealkylation sites (N-methyl/N-ethyl adjacent to an activating group) is 1. The molecule has 1 aliphatic heterocycles. The second-order valence-electron chi connectivity index (χ2n) is 4.21. The van der Waals surface area contributed by atoms with Crippen LogP contribution in [-0.2, 0) is 4.79 Å². The van der Waals surface area contributed by atoms with Gasteiger partial charge in [0, 0.05) is 19.6 Å². The van der Waals surface area contributed by atoms with Crippen LogP contribution in [0.25, 0.3) is 0 Å². The van der Waals surface area contributed by atoms with E-state index >= 15 is 0 Å². The average Bonchev–Trinajstić information content (AvgIpc) is 2.77. The van der Waals surface area contributed by atoms with E-state index in [0.717, 1.165) is 32.5 Å². The van der Waals surface area contributed by atoms with Crippen molar-refractivity contribution in [2.75, 3.05) is 19.6 Å². The molecule has 0 aromatic rings. The molecule has 0 N–H and O–H groups in total. The average molecular weight is 223 g/mol. The second-order valence-corrected chi connectivity index (χ2v) is 4.21. The quantitative estimate of drug-likeness (QED) is 0.720. The molecule has 0 bridgehead atoms. The maximum atomic E-state index is 12.1. The third-order valence-corrected chi connectivity index (χ3v) is 3.37. The first-order valence-corrected chi connectivity index (χ1v) is 6.09. The number of nitriles is 1. The molecule has 90 valence electrons. The lowest BCUT2D eigenvalue weighted by atomic mass is 10.2. The lowest BCUT2D eigenvalue weighted by Crippen LogP contribution is -2.48. The molecule has 0 aromatic heterocycles. The molecule has 0 aliphatic carbocycles. The first kappa shape index (κ1) is 13.0. The van der Waals surface area contributed by atoms with E-state index in [1.54, 1.807) is 0 Å². The van der Waals surface area contributed by atoms with Crippen LogP contribution in [0.3, 0.4) is 0 Å². The third-order valence-electron chi connectivity index (χ3n) is 3.37. The van der Waals surface area contributed by atoms with Crippen LogP contribution in [0, 0.1) is 11.3 Å². The van der Waals surface area contributed by atoms with Gasteiger partial charge in [0.25, 0.3) is 0 Å². The van der Waals surface area contributed by atoms with E-state index in [-0.39, 0.29) is 18.0 Å². The molecule has 1 fully saturated rings. The highest BCUT2D eigenvalue weighted by Gasteiger charge is 2.33. The molecule has 0 spiro atoms. The van der Waals surface area contributed by atoms with Gasteiger partial charge in [-0.2, -0.15) is 5.26 Å². The van der Waals surface area contributed by atoms with Gasteiger partial charge in [-0.3, -0.25) is 9.69 Å². The Bertz CT molecular complexity index is 280. The molecular formula is C12H21N3O. The summed E-state index contributed by atoms with van der Waals surface area (Å²) in [6, 6.07) is 2.05. The molecule has 1 aliphatic rings. The molecule has 0 saturated carbocycles. The Morgan fingerprint density at radius 3 is 2.69 bits per heavy atom. The summed E-state index contributed by atoms with van der Waals surface area (Å²) >= 11 is 0. The maximum Gasteiger partial charge on any atom is 0.239 e. The molecule has 0 aromatic carbocycles. The van der Waals surface area contributed by atoms with Gasteiger partial charge in [-0.05, 0) is 33.6 Å². The van der Waals surface area contributed by atoms with E-state index in [1.165, 1.54) is 0 Å². The highest BCUT2D eigenvalue weighted by Crippen LogP contribution is 2.20. The first-order chi connectivity index (χ1) is 7.65. The number of nitrogens with zero attached hydrogens (tertiary/aromatic N) is 3. The van der Waals surface area contributed by atoms with Crippen LogP contribution >= 0.6 is 0 Å². The van der Waals surface area contributed by atoms with E-state index in [0.29, 0.717) is 0 Å². The summed E-state index contributed by atoms with van der Waals surface area (Å²) in [5.74, 6) is 0.146. The van der Waals surface area contributed by atoms with Gasteiger partial charge in [-0.1, -0.05) is 0 Å². The Balaban J connectivity index is 2.66. The summed E-state index contributed by atoms with van der Waals surface area (Å²) in [7, 11) is 0. The first-order valence-electron chi connectivity index (χ1n) is 6.09. The minimum Gasteiger partial charge on any atom is -0.342 e. The summed E-state index contributed by atoms with van der Waals surface area (Å²) < 4.78 is 0. The number of amides is 1. The molecule has 1 rings (SSSR count). The molecule has 1 amide bonds. The van der Waals surface area contributed by atoms with Crippen molar-refractivity contribution < 1.29 is 4.79 Å². The third kappa shape index (κ3) is 2.53. The normalized spacial score (nSPS) is 22.8. The standard InChI is InChI=1S/C12H21N3O/c1-4-14(5-2)12(16)10(3)15-8-6-7-11(15)9-13/h10-11H,4-8H2,1-3H3. The van der Waals surface area contributed by atoms with Gasteiger partial charge >= 0.3 is 0 Å². The smallest absolute Gasteiger partial charge is 0.239 e. The van der Waals surface area contributed by atoms with Crippen LogP contribution in [0.15, 0.2) is 0 Å². The fourth-order valence-corrected chi connectivity index (χ4v) is 2.33. The van der Waals surface area contributed by atoms with Gasteiger partial charge in [0.15, 0.2) is 0 Å². The van der Waals surface area contributed by atoms with Crippen molar-refractivity contribution in [3.05, 3.63) is 0 Å². The minimum absolute atomic E-state index is 0.0745. The van der Waals surface area contributed by atoms with Crippen molar-refractivity contribution in [2.45, 2.75) is 45.7 Å². The van der Waals surface area contributed by atoms with Gasteiger partial charge in [0.05, 0.1) is 18.2 Å². The zero-order chi connectivity index (χ0) is 12.1. The summed E-state index contributed by atoms with van der Waals surface area (Å²) in [6.07, 6.45) is 1.92. The predicted octanol–water partition coefficient (Wildman–Crippen LogP) is 1.23. The van der Waals surface area contributed by atoms with E-state index in [4.69, 9.17) is 5.26 Å². The Morgan fingerprint density at radius 1 is 1.56 bits per heavy atom. The van der Waals surface area contributed by atoms with E-state index in [1.807, 2.05) is 30.6 Å². The summed E-state index contributed by atoms with van der Waals surface area (Å²) in [5, 5.41) is 9.00. The lowest BCUT2D eigenvalue weighted by molar-refractivity contribution is -0.136. The number of carbonyl (C=O) groups excluding carboxylic acids is 1. The Labute approximate surface area is 97.8 Å². The van der Waals surface area contributed by atoms with Crippen molar-refractivity contribution in [2.24, 2.45) is 0 Å². The molecule has 4 nitrogen and oxygen atoms in total. The van der Waals surface area contributed by atoms with Crippen LogP contribution in [0.2, 0.25) is 0 Å². The van der Waals surface area contributed by atoms with Crippen molar-refractivity contribution in [3.63, 3.8) is 0 Å². The van der Waals surface area contributed by atoms with E-state index < -0.39 is 0 Å². The second kappa shape index (κ2) is 5.86. The zero-order valence-electron chi connectivity index (χ0n) is 10.4. The van der Waals surface area contributed by atoms with Gasteiger partial charge in [-0.25, -0.2) is 0 Å². The van der Waals surface area contributed by atoms with Crippen LogP contribution in [-0.4, -0.2) is 47.4 Å². The van der Waals surface area contributed by atoms with Crippen LogP contribution in [0.4, 0.5) is 0 Å². The van der Waals surface area contributed by atoms with E-state index in [9.17, 15) is 4.79 Å². The fourth-order valence-electron chi connectivity index (χ4n) is 2.33. The van der Waals surface area contributed by atoms with Crippen LogP contribution in [0.5, 0.6) is 0 Å². The zero-order valence-corrected chi connectivity index (χ0v) is 10.4. The van der Waals surface area contributed by atoms with Gasteiger partial charge in [0.2, 0.25) is 5.91 Å². The molecule has 2 unspecified atom stereocenters. The Morgan fingerprint density at radius 2 is 2.19 bits per heavy atom. The molecule has 2 atom stereocenters. The molecule has 16 heavy (non-hydrogen) atoms. The van der Waals surface area contributed by atoms with Crippen molar-refractivity contribution in [1.29, 1.82) is 5.26 Å². The molecule has 1 saturated heterocycles. The SMILES string of the molecule is CCN(CC)C(=O)C(C)N1CCCC1C#N. The van der Waals surface area contributed by atoms with Crippen LogP contribution in [0.1, 0.15) is 33.6 Å². The Hall–Kier alpha value is -1.08. The van der Waals surface area contributed by atoms with Gasteiger partial charge in [0.1, 0.15) is 0 Å². The Kier molecular flexibility index (Phi) is 4.75. The molecule has 0 radical (unpaired) electrons. The molecule has 1 heterocycles. The number of hydrogen-bond acceptors (Lipinski definition) is 3. The summed E-state index contributed by atoms with van der Waals surface area (Å²) in [5.41, 5.74) is 0. The van der Waals surface area contributed by atoms with Crippen molar-refractivity contribution >= 4 is 5.91 Å². The van der Waals surface area contributed by atoms with E-state index in [2.05, 4.69) is 6.07 Å². The monoisotopic (exact) mass is 223 g/mol. The highest BCUT2D eigenvalue weighted by atomic mass is 16.2. The fraction of sp³-hybridized carbons (Fsp3) is 0.833. The number of hydrogen-bond donors (Lipinski definition) is 0. The topological polar surface area (TPSA) is 47.3 Å². The molecule has 4 heteroatoms. The highest BCUT2D eigenvalue weighted by molar-refractivity contribution is 5.81.